The number of nitrogens with zero attached hydrogens (tertiary/aromatic N) is 3. The van der Waals surface area contributed by atoms with Gasteiger partial charge < -0.3 is 9.80 Å². The van der Waals surface area contributed by atoms with Gasteiger partial charge in [-0.2, -0.15) is 0 Å². The first-order valence-corrected chi connectivity index (χ1v) is 11.9. The van der Waals surface area contributed by atoms with Crippen LogP contribution in [0.15, 0.2) is 24.3 Å². The van der Waals surface area contributed by atoms with Crippen molar-refractivity contribution in [2.45, 2.75) is 46.1 Å². The molecule has 1 aromatic carbocycles. The minimum absolute atomic E-state index is 0.0198. The average molecular weight is 444 g/mol. The summed E-state index contributed by atoms with van der Waals surface area (Å²) in [6.45, 7) is 8.57. The number of halogens is 1. The Morgan fingerprint density at radius 1 is 1.06 bits per heavy atom. The third-order valence-electron chi connectivity index (χ3n) is 7.78. The van der Waals surface area contributed by atoms with Crippen LogP contribution in [0.5, 0.6) is 0 Å². The maximum Gasteiger partial charge on any atom is 0.290 e. The smallest absolute Gasteiger partial charge is 0.290 e. The summed E-state index contributed by atoms with van der Waals surface area (Å²) < 4.78 is 13.4. The lowest BCUT2D eigenvalue weighted by molar-refractivity contribution is -0.147. The molecule has 0 unspecified atom stereocenters. The first-order chi connectivity index (χ1) is 15.3. The summed E-state index contributed by atoms with van der Waals surface area (Å²) in [6, 6.07) is 6.69. The van der Waals surface area contributed by atoms with Crippen molar-refractivity contribution in [2.24, 2.45) is 17.3 Å². The highest BCUT2D eigenvalue weighted by Gasteiger charge is 2.59. The number of amides is 2. The van der Waals surface area contributed by atoms with Crippen LogP contribution in [0.1, 0.15) is 45.1 Å². The van der Waals surface area contributed by atoms with Gasteiger partial charge in [0.05, 0.1) is 0 Å². The minimum atomic E-state index is -0.354. The molecular formula is C25H34FN3O3. The van der Waals surface area contributed by atoms with Crippen LogP contribution in [0, 0.1) is 23.1 Å². The number of hydrogen-bond acceptors (Lipinski definition) is 4. The van der Waals surface area contributed by atoms with Crippen molar-refractivity contribution in [3.05, 3.63) is 35.6 Å². The normalized spacial score (nSPS) is 23.8. The molecule has 3 fully saturated rings. The van der Waals surface area contributed by atoms with E-state index in [1.165, 1.54) is 6.07 Å². The number of hydrogen-bond donors (Lipinski definition) is 0. The predicted molar refractivity (Wildman–Crippen MR) is 119 cm³/mol. The molecular weight excluding hydrogens is 409 g/mol. The van der Waals surface area contributed by atoms with E-state index in [2.05, 4.69) is 4.90 Å². The molecule has 0 bridgehead atoms. The molecule has 6 nitrogen and oxygen atoms in total. The van der Waals surface area contributed by atoms with Gasteiger partial charge in [-0.05, 0) is 48.8 Å². The highest BCUT2D eigenvalue weighted by molar-refractivity contribution is 6.36. The van der Waals surface area contributed by atoms with Crippen LogP contribution in [-0.4, -0.2) is 71.6 Å². The van der Waals surface area contributed by atoms with Crippen LogP contribution in [0.25, 0.3) is 0 Å². The van der Waals surface area contributed by atoms with Gasteiger partial charge in [-0.25, -0.2) is 4.39 Å². The zero-order chi connectivity index (χ0) is 22.9. The second kappa shape index (κ2) is 9.30. The molecule has 2 saturated heterocycles. The summed E-state index contributed by atoms with van der Waals surface area (Å²) in [5.41, 5.74) is 0.977. The Balaban J connectivity index is 1.23. The lowest BCUT2D eigenvalue weighted by Gasteiger charge is -2.36. The maximum atomic E-state index is 13.4. The number of ketones is 1. The van der Waals surface area contributed by atoms with Crippen LogP contribution in [0.3, 0.4) is 0 Å². The van der Waals surface area contributed by atoms with Crippen LogP contribution in [0.2, 0.25) is 0 Å². The molecule has 2 heterocycles. The van der Waals surface area contributed by atoms with Gasteiger partial charge in [0.1, 0.15) is 5.82 Å². The van der Waals surface area contributed by atoms with Crippen molar-refractivity contribution in [1.29, 1.82) is 0 Å². The predicted octanol–water partition coefficient (Wildman–Crippen LogP) is 2.71. The molecule has 1 spiro atoms. The third-order valence-corrected chi connectivity index (χ3v) is 7.78. The summed E-state index contributed by atoms with van der Waals surface area (Å²) in [5, 5.41) is 0. The molecule has 2 aliphatic heterocycles. The fourth-order valence-electron chi connectivity index (χ4n) is 5.20. The van der Waals surface area contributed by atoms with Gasteiger partial charge in [-0.1, -0.05) is 26.0 Å². The monoisotopic (exact) mass is 443 g/mol. The van der Waals surface area contributed by atoms with E-state index >= 15 is 0 Å². The first kappa shape index (κ1) is 22.9. The fourth-order valence-corrected chi connectivity index (χ4v) is 5.20. The molecule has 4 rings (SSSR count). The van der Waals surface area contributed by atoms with Gasteiger partial charge in [0, 0.05) is 57.6 Å². The van der Waals surface area contributed by atoms with Crippen molar-refractivity contribution in [2.75, 3.05) is 39.3 Å². The van der Waals surface area contributed by atoms with E-state index in [1.54, 1.807) is 24.0 Å². The molecule has 2 amide bonds. The van der Waals surface area contributed by atoms with Crippen LogP contribution in [-0.2, 0) is 20.9 Å². The molecule has 7 heteroatoms. The molecule has 0 radical (unpaired) electrons. The van der Waals surface area contributed by atoms with Crippen molar-refractivity contribution in [3.63, 3.8) is 0 Å². The highest BCUT2D eigenvalue weighted by Crippen LogP contribution is 2.60. The summed E-state index contributed by atoms with van der Waals surface area (Å²) in [4.78, 5) is 43.7. The van der Waals surface area contributed by atoms with E-state index in [0.717, 1.165) is 37.9 Å². The van der Waals surface area contributed by atoms with Gasteiger partial charge >= 0.3 is 0 Å². The van der Waals surface area contributed by atoms with Crippen LogP contribution < -0.4 is 0 Å². The van der Waals surface area contributed by atoms with E-state index < -0.39 is 0 Å². The standard InChI is InChI=1S/C25H34FN3O3/c1-3-18(2)22(30)24(32)28-9-7-25(8-10-28)16-21(25)23(31)29-13-11-27(12-14-29)17-19-5-4-6-20(26)15-19/h4-6,15,18,21H,3,7-14,16-17H2,1-2H3/t18-,21-/m0/s1. The number of carbonyl (C=O) groups is 3. The molecule has 3 aliphatic rings. The number of Topliss-reactive ketones (excluding diaryl/α,β-unsaturated/α-hetero) is 1. The zero-order valence-electron chi connectivity index (χ0n) is 19.2. The van der Waals surface area contributed by atoms with Gasteiger partial charge in [0.15, 0.2) is 0 Å². The summed E-state index contributed by atoms with van der Waals surface area (Å²) in [6.07, 6.45) is 3.19. The second-order valence-corrected chi connectivity index (χ2v) is 9.82. The number of rotatable bonds is 6. The molecule has 1 saturated carbocycles. The van der Waals surface area contributed by atoms with Crippen molar-refractivity contribution < 1.29 is 18.8 Å². The molecule has 32 heavy (non-hydrogen) atoms. The van der Waals surface area contributed by atoms with Gasteiger partial charge in [0.25, 0.3) is 5.91 Å². The van der Waals surface area contributed by atoms with Crippen LogP contribution in [0.4, 0.5) is 4.39 Å². The Morgan fingerprint density at radius 2 is 1.75 bits per heavy atom. The van der Waals surface area contributed by atoms with E-state index in [-0.39, 0.29) is 40.7 Å². The summed E-state index contributed by atoms with van der Waals surface area (Å²) in [5.74, 6) is -0.790. The lowest BCUT2D eigenvalue weighted by atomic mass is 9.89. The van der Waals surface area contributed by atoms with Gasteiger partial charge in [-0.15, -0.1) is 0 Å². The second-order valence-electron chi connectivity index (χ2n) is 9.82. The number of benzene rings is 1. The topological polar surface area (TPSA) is 60.9 Å². The van der Waals surface area contributed by atoms with E-state index in [4.69, 9.17) is 0 Å². The minimum Gasteiger partial charge on any atom is -0.340 e. The summed E-state index contributed by atoms with van der Waals surface area (Å²) >= 11 is 0. The number of likely N-dealkylation sites (tertiary alicyclic amines) is 1. The number of carbonyl (C=O) groups excluding carboxylic acids is 3. The summed E-state index contributed by atoms with van der Waals surface area (Å²) in [7, 11) is 0. The Bertz CT molecular complexity index is 873. The van der Waals surface area contributed by atoms with E-state index in [9.17, 15) is 18.8 Å². The Kier molecular flexibility index (Phi) is 6.65. The molecule has 0 aromatic heterocycles. The molecule has 1 aromatic rings. The first-order valence-electron chi connectivity index (χ1n) is 11.9. The maximum absolute atomic E-state index is 13.4. The molecule has 1 aliphatic carbocycles. The quantitative estimate of drug-likeness (QED) is 0.635. The Morgan fingerprint density at radius 3 is 2.38 bits per heavy atom. The molecule has 174 valence electrons. The van der Waals surface area contributed by atoms with Crippen molar-refractivity contribution in [3.8, 4) is 0 Å². The zero-order valence-corrected chi connectivity index (χ0v) is 19.2. The lowest BCUT2D eigenvalue weighted by Crippen LogP contribution is -2.49. The Hall–Kier alpha value is -2.28. The van der Waals surface area contributed by atoms with E-state index in [0.29, 0.717) is 39.1 Å². The Labute approximate surface area is 189 Å². The SMILES string of the molecule is CC[C@H](C)C(=O)C(=O)N1CCC2(CC1)C[C@H]2C(=O)N1CCN(Cc2cccc(F)c2)CC1. The van der Waals surface area contributed by atoms with E-state index in [1.807, 2.05) is 17.9 Å². The fraction of sp³-hybridized carbons (Fsp3) is 0.640. The molecule has 0 N–H and O–H groups in total. The average Bonchev–Trinajstić information content (AvgIpc) is 3.51. The number of piperazine rings is 1. The third kappa shape index (κ3) is 4.72. The molecule has 2 atom stereocenters. The van der Waals surface area contributed by atoms with Crippen molar-refractivity contribution in [1.82, 2.24) is 14.7 Å². The van der Waals surface area contributed by atoms with Crippen LogP contribution >= 0.6 is 0 Å². The largest absolute Gasteiger partial charge is 0.340 e. The van der Waals surface area contributed by atoms with Gasteiger partial charge in [0.2, 0.25) is 11.7 Å². The van der Waals surface area contributed by atoms with Crippen molar-refractivity contribution >= 4 is 17.6 Å². The highest BCUT2D eigenvalue weighted by atomic mass is 19.1. The van der Waals surface area contributed by atoms with Gasteiger partial charge in [-0.3, -0.25) is 19.3 Å². The number of piperidine rings is 1.